The fraction of sp³-hybridized carbons (Fsp3) is 0.727. The van der Waals surface area contributed by atoms with Crippen molar-refractivity contribution in [1.29, 1.82) is 0 Å². The van der Waals surface area contributed by atoms with E-state index in [0.717, 1.165) is 18.2 Å². The molecule has 0 amide bonds. The molecule has 14 heavy (non-hydrogen) atoms. The first-order valence-electron chi connectivity index (χ1n) is 5.41. The smallest absolute Gasteiger partial charge is 0.0949 e. The second-order valence-corrected chi connectivity index (χ2v) is 4.48. The second kappa shape index (κ2) is 4.13. The molecule has 3 nitrogen and oxygen atoms in total. The van der Waals surface area contributed by atoms with E-state index in [-0.39, 0.29) is 0 Å². The zero-order valence-electron chi connectivity index (χ0n) is 9.11. The van der Waals surface area contributed by atoms with Gasteiger partial charge in [0.1, 0.15) is 0 Å². The normalized spacial score (nSPS) is 24.0. The van der Waals surface area contributed by atoms with E-state index in [9.17, 15) is 0 Å². The first-order valence-corrected chi connectivity index (χ1v) is 5.41. The Bertz CT molecular complexity index is 292. The highest BCUT2D eigenvalue weighted by Crippen LogP contribution is 2.16. The first-order chi connectivity index (χ1) is 6.74. The highest BCUT2D eigenvalue weighted by atomic mass is 15.1. The van der Waals surface area contributed by atoms with Crippen molar-refractivity contribution in [2.75, 3.05) is 20.1 Å². The van der Waals surface area contributed by atoms with Gasteiger partial charge >= 0.3 is 0 Å². The molecule has 1 atom stereocenters. The van der Waals surface area contributed by atoms with E-state index in [2.05, 4.69) is 27.7 Å². The van der Waals surface area contributed by atoms with Gasteiger partial charge in [-0.1, -0.05) is 0 Å². The van der Waals surface area contributed by atoms with Gasteiger partial charge < -0.3 is 9.47 Å². The van der Waals surface area contributed by atoms with Crippen molar-refractivity contribution in [3.8, 4) is 0 Å². The molecule has 1 unspecified atom stereocenters. The van der Waals surface area contributed by atoms with Crippen LogP contribution in [0.25, 0.3) is 0 Å². The second-order valence-electron chi connectivity index (χ2n) is 4.48. The Balaban J connectivity index is 1.90. The predicted octanol–water partition coefficient (Wildman–Crippen LogP) is 1.53. The summed E-state index contributed by atoms with van der Waals surface area (Å²) in [6, 6.07) is 0. The Kier molecular flexibility index (Phi) is 2.87. The molecule has 0 saturated carbocycles. The number of nitrogens with zero attached hydrogens (tertiary/aromatic N) is 3. The maximum atomic E-state index is 4.25. The molecule has 0 spiro atoms. The minimum absolute atomic E-state index is 0.808. The Morgan fingerprint density at radius 3 is 3.07 bits per heavy atom. The Morgan fingerprint density at radius 2 is 2.43 bits per heavy atom. The van der Waals surface area contributed by atoms with Crippen molar-refractivity contribution in [2.24, 2.45) is 5.92 Å². The van der Waals surface area contributed by atoms with Gasteiger partial charge in [-0.2, -0.15) is 0 Å². The molecule has 1 aromatic heterocycles. The summed E-state index contributed by atoms with van der Waals surface area (Å²) >= 11 is 0. The van der Waals surface area contributed by atoms with Crippen LogP contribution in [-0.2, 0) is 6.54 Å². The summed E-state index contributed by atoms with van der Waals surface area (Å²) in [5.41, 5.74) is 1.12. The monoisotopic (exact) mass is 193 g/mol. The molecule has 0 N–H and O–H groups in total. The van der Waals surface area contributed by atoms with Gasteiger partial charge in [0, 0.05) is 19.3 Å². The van der Waals surface area contributed by atoms with Crippen LogP contribution in [0.2, 0.25) is 0 Å². The third-order valence-corrected chi connectivity index (χ3v) is 2.95. The number of likely N-dealkylation sites (tertiary alicyclic amines) is 1. The molecule has 0 radical (unpaired) electrons. The molecule has 0 aromatic carbocycles. The standard InChI is InChI=1S/C11H19N3/c1-10-6-14(9-12-10)8-11-4-3-5-13(2)7-11/h6,9,11H,3-5,7-8H2,1-2H3. The van der Waals surface area contributed by atoms with Gasteiger partial charge in [0.2, 0.25) is 0 Å². The average molecular weight is 193 g/mol. The van der Waals surface area contributed by atoms with Crippen LogP contribution in [0, 0.1) is 12.8 Å². The van der Waals surface area contributed by atoms with Gasteiger partial charge in [0.05, 0.1) is 12.0 Å². The van der Waals surface area contributed by atoms with E-state index in [1.807, 2.05) is 13.3 Å². The molecule has 1 saturated heterocycles. The largest absolute Gasteiger partial charge is 0.337 e. The summed E-state index contributed by atoms with van der Waals surface area (Å²) in [6.07, 6.45) is 6.79. The summed E-state index contributed by atoms with van der Waals surface area (Å²) in [7, 11) is 2.21. The van der Waals surface area contributed by atoms with Gasteiger partial charge in [-0.25, -0.2) is 4.98 Å². The van der Waals surface area contributed by atoms with Crippen LogP contribution in [0.15, 0.2) is 12.5 Å². The van der Waals surface area contributed by atoms with Crippen LogP contribution in [0.3, 0.4) is 0 Å². The molecule has 0 aliphatic carbocycles. The van der Waals surface area contributed by atoms with Crippen LogP contribution in [-0.4, -0.2) is 34.6 Å². The number of hydrogen-bond acceptors (Lipinski definition) is 2. The van der Waals surface area contributed by atoms with Crippen molar-refractivity contribution in [3.05, 3.63) is 18.2 Å². The van der Waals surface area contributed by atoms with Gasteiger partial charge in [0.15, 0.2) is 0 Å². The maximum absolute atomic E-state index is 4.25. The molecule has 1 aliphatic rings. The van der Waals surface area contributed by atoms with E-state index < -0.39 is 0 Å². The average Bonchev–Trinajstić information content (AvgIpc) is 2.51. The molecule has 2 rings (SSSR count). The Morgan fingerprint density at radius 1 is 1.57 bits per heavy atom. The topological polar surface area (TPSA) is 21.1 Å². The van der Waals surface area contributed by atoms with Crippen molar-refractivity contribution < 1.29 is 0 Å². The lowest BCUT2D eigenvalue weighted by Crippen LogP contribution is -2.33. The molecule has 1 aliphatic heterocycles. The number of hydrogen-bond donors (Lipinski definition) is 0. The minimum atomic E-state index is 0.808. The summed E-state index contributed by atoms with van der Waals surface area (Å²) in [4.78, 5) is 6.68. The summed E-state index contributed by atoms with van der Waals surface area (Å²) < 4.78 is 2.22. The molecular weight excluding hydrogens is 174 g/mol. The SMILES string of the molecule is Cc1cn(CC2CCCN(C)C2)cn1. The third-order valence-electron chi connectivity index (χ3n) is 2.95. The summed E-state index contributed by atoms with van der Waals surface area (Å²) in [6.45, 7) is 5.67. The van der Waals surface area contributed by atoms with E-state index >= 15 is 0 Å². The number of imidazole rings is 1. The van der Waals surface area contributed by atoms with Gasteiger partial charge in [-0.15, -0.1) is 0 Å². The molecule has 3 heteroatoms. The van der Waals surface area contributed by atoms with E-state index in [1.54, 1.807) is 0 Å². The van der Waals surface area contributed by atoms with Crippen molar-refractivity contribution in [1.82, 2.24) is 14.5 Å². The Labute approximate surface area is 85.7 Å². The lowest BCUT2D eigenvalue weighted by atomic mass is 9.98. The van der Waals surface area contributed by atoms with Crippen LogP contribution >= 0.6 is 0 Å². The van der Waals surface area contributed by atoms with Crippen LogP contribution in [0.4, 0.5) is 0 Å². The lowest BCUT2D eigenvalue weighted by molar-refractivity contribution is 0.194. The van der Waals surface area contributed by atoms with E-state index in [4.69, 9.17) is 0 Å². The number of aryl methyl sites for hydroxylation is 1. The van der Waals surface area contributed by atoms with Gasteiger partial charge in [-0.3, -0.25) is 0 Å². The quantitative estimate of drug-likeness (QED) is 0.710. The molecular formula is C11H19N3. The van der Waals surface area contributed by atoms with E-state index in [1.165, 1.54) is 25.9 Å². The van der Waals surface area contributed by atoms with E-state index in [0.29, 0.717) is 0 Å². The van der Waals surface area contributed by atoms with Crippen molar-refractivity contribution in [2.45, 2.75) is 26.3 Å². The minimum Gasteiger partial charge on any atom is -0.337 e. The summed E-state index contributed by atoms with van der Waals surface area (Å²) in [5, 5.41) is 0. The molecule has 2 heterocycles. The van der Waals surface area contributed by atoms with Crippen molar-refractivity contribution >= 4 is 0 Å². The first kappa shape index (κ1) is 9.71. The highest BCUT2D eigenvalue weighted by molar-refractivity contribution is 4.92. The number of aromatic nitrogens is 2. The zero-order valence-corrected chi connectivity index (χ0v) is 9.11. The fourth-order valence-corrected chi connectivity index (χ4v) is 2.29. The zero-order chi connectivity index (χ0) is 9.97. The molecule has 1 fully saturated rings. The predicted molar refractivity (Wildman–Crippen MR) is 57.2 cm³/mol. The highest BCUT2D eigenvalue weighted by Gasteiger charge is 2.17. The fourth-order valence-electron chi connectivity index (χ4n) is 2.29. The number of rotatable bonds is 2. The van der Waals surface area contributed by atoms with Gasteiger partial charge in [-0.05, 0) is 39.3 Å². The van der Waals surface area contributed by atoms with Crippen LogP contribution in [0.5, 0.6) is 0 Å². The Hall–Kier alpha value is -0.830. The number of piperidine rings is 1. The lowest BCUT2D eigenvalue weighted by Gasteiger charge is -2.29. The third kappa shape index (κ3) is 2.35. The van der Waals surface area contributed by atoms with Crippen LogP contribution in [0.1, 0.15) is 18.5 Å². The molecule has 78 valence electrons. The van der Waals surface area contributed by atoms with Gasteiger partial charge in [0.25, 0.3) is 0 Å². The molecule has 1 aromatic rings. The summed E-state index contributed by atoms with van der Waals surface area (Å²) in [5.74, 6) is 0.808. The molecule has 0 bridgehead atoms. The van der Waals surface area contributed by atoms with Crippen LogP contribution < -0.4 is 0 Å². The maximum Gasteiger partial charge on any atom is 0.0949 e. The van der Waals surface area contributed by atoms with Crippen molar-refractivity contribution in [3.63, 3.8) is 0 Å².